The van der Waals surface area contributed by atoms with E-state index in [9.17, 15) is 0 Å². The van der Waals surface area contributed by atoms with E-state index < -0.39 is 0 Å². The molecule has 6 heavy (non-hydrogen) atoms. The highest BCUT2D eigenvalue weighted by molar-refractivity contribution is 4.86. The molecule has 0 radical (unpaired) electrons. The van der Waals surface area contributed by atoms with Gasteiger partial charge in [-0.05, 0) is 18.8 Å². The Hall–Kier alpha value is -0.0400. The molecule has 2 heterocycles. The summed E-state index contributed by atoms with van der Waals surface area (Å²) in [5, 5.41) is 0. The molecular weight excluding hydrogens is 76.1 g/mol. The maximum atomic E-state index is 5.23. The van der Waals surface area contributed by atoms with E-state index in [4.69, 9.17) is 4.74 Å². The third kappa shape index (κ3) is 0.207. The molecule has 2 bridgehead atoms. The van der Waals surface area contributed by atoms with Crippen molar-refractivity contribution in [2.75, 3.05) is 6.61 Å². The third-order valence-corrected chi connectivity index (χ3v) is 1.76. The van der Waals surface area contributed by atoms with Crippen LogP contribution < -0.4 is 0 Å². The van der Waals surface area contributed by atoms with Gasteiger partial charge < -0.3 is 4.74 Å². The highest BCUT2D eigenvalue weighted by atomic mass is 16.5. The molecule has 0 unspecified atom stereocenters. The van der Waals surface area contributed by atoms with E-state index in [0.717, 1.165) is 12.5 Å². The van der Waals surface area contributed by atoms with Crippen molar-refractivity contribution in [1.82, 2.24) is 0 Å². The van der Waals surface area contributed by atoms with Crippen molar-refractivity contribution < 1.29 is 4.74 Å². The van der Waals surface area contributed by atoms with Crippen LogP contribution in [-0.2, 0) is 4.74 Å². The first kappa shape index (κ1) is 3.03. The van der Waals surface area contributed by atoms with Gasteiger partial charge in [0.25, 0.3) is 0 Å². The Kier molecular flexibility index (Phi) is 0.396. The van der Waals surface area contributed by atoms with Crippen LogP contribution in [0.5, 0.6) is 0 Å². The Balaban J connectivity index is 2.16. The zero-order valence-corrected chi connectivity index (χ0v) is 3.68. The second-order valence-electron chi connectivity index (χ2n) is 2.29. The lowest BCUT2D eigenvalue weighted by atomic mass is 9.87. The number of rotatable bonds is 0. The van der Waals surface area contributed by atoms with Crippen LogP contribution in [0.4, 0.5) is 0 Å². The minimum Gasteiger partial charge on any atom is -0.378 e. The van der Waals surface area contributed by atoms with Crippen LogP contribution in [0.25, 0.3) is 0 Å². The normalized spacial score (nSPS) is 52.0. The molecular formula is C5H8O. The third-order valence-electron chi connectivity index (χ3n) is 1.76. The van der Waals surface area contributed by atoms with E-state index in [1.54, 1.807) is 0 Å². The van der Waals surface area contributed by atoms with Crippen molar-refractivity contribution in [2.24, 2.45) is 5.92 Å². The topological polar surface area (TPSA) is 9.23 Å². The minimum atomic E-state index is 0.690. The molecule has 0 atom stereocenters. The highest BCUT2D eigenvalue weighted by Crippen LogP contribution is 2.37. The molecule has 3 fully saturated rings. The van der Waals surface area contributed by atoms with Crippen molar-refractivity contribution in [3.8, 4) is 0 Å². The van der Waals surface area contributed by atoms with Crippen LogP contribution >= 0.6 is 0 Å². The number of fused-ring (bicyclic) bond motifs is 1. The zero-order chi connectivity index (χ0) is 3.98. The molecule has 34 valence electrons. The maximum Gasteiger partial charge on any atom is 0.0582 e. The lowest BCUT2D eigenvalue weighted by molar-refractivity contribution is 0.125. The van der Waals surface area contributed by atoms with Crippen molar-refractivity contribution in [2.45, 2.75) is 18.9 Å². The monoisotopic (exact) mass is 84.1 g/mol. The van der Waals surface area contributed by atoms with E-state index >= 15 is 0 Å². The summed E-state index contributed by atoms with van der Waals surface area (Å²) in [5.41, 5.74) is 0. The van der Waals surface area contributed by atoms with Crippen molar-refractivity contribution >= 4 is 0 Å². The molecule has 1 heteroatoms. The van der Waals surface area contributed by atoms with Gasteiger partial charge in [-0.1, -0.05) is 0 Å². The van der Waals surface area contributed by atoms with Crippen LogP contribution in [0.15, 0.2) is 0 Å². The lowest BCUT2D eigenvalue weighted by Gasteiger charge is -2.17. The fraction of sp³-hybridized carbons (Fsp3) is 1.00. The predicted molar refractivity (Wildman–Crippen MR) is 22.5 cm³/mol. The van der Waals surface area contributed by atoms with Crippen LogP contribution in [0.1, 0.15) is 12.8 Å². The van der Waals surface area contributed by atoms with Gasteiger partial charge in [-0.2, -0.15) is 0 Å². The summed E-state index contributed by atoms with van der Waals surface area (Å²) < 4.78 is 5.23. The summed E-state index contributed by atoms with van der Waals surface area (Å²) in [6.07, 6.45) is 3.41. The zero-order valence-electron chi connectivity index (χ0n) is 3.68. The first-order valence-electron chi connectivity index (χ1n) is 2.57. The van der Waals surface area contributed by atoms with E-state index in [1.165, 1.54) is 12.8 Å². The molecule has 3 aliphatic rings. The molecule has 0 aromatic carbocycles. The molecule has 1 aliphatic carbocycles. The summed E-state index contributed by atoms with van der Waals surface area (Å²) in [6.45, 7) is 1.06. The largest absolute Gasteiger partial charge is 0.378 e. The van der Waals surface area contributed by atoms with Crippen molar-refractivity contribution in [3.63, 3.8) is 0 Å². The number of hydrogen-bond donors (Lipinski definition) is 0. The van der Waals surface area contributed by atoms with Gasteiger partial charge in [-0.25, -0.2) is 0 Å². The van der Waals surface area contributed by atoms with Crippen molar-refractivity contribution in [1.29, 1.82) is 0 Å². The first-order chi connectivity index (χ1) is 2.95. The molecule has 0 N–H and O–H groups in total. The van der Waals surface area contributed by atoms with E-state index in [2.05, 4.69) is 0 Å². The summed E-state index contributed by atoms with van der Waals surface area (Å²) in [7, 11) is 0. The highest BCUT2D eigenvalue weighted by Gasteiger charge is 2.36. The number of ether oxygens (including phenoxy) is 1. The first-order valence-corrected chi connectivity index (χ1v) is 2.57. The van der Waals surface area contributed by atoms with Gasteiger partial charge in [0.2, 0.25) is 0 Å². The average molecular weight is 84.1 g/mol. The fourth-order valence-electron chi connectivity index (χ4n) is 1.22. The Labute approximate surface area is 37.3 Å². The van der Waals surface area contributed by atoms with Gasteiger partial charge in [-0.15, -0.1) is 0 Å². The van der Waals surface area contributed by atoms with Crippen LogP contribution in [0.2, 0.25) is 0 Å². The quantitative estimate of drug-likeness (QED) is 0.421. The van der Waals surface area contributed by atoms with Gasteiger partial charge in [0, 0.05) is 6.61 Å². The van der Waals surface area contributed by atoms with Gasteiger partial charge in [0.15, 0.2) is 0 Å². The predicted octanol–water partition coefficient (Wildman–Crippen LogP) is 0.795. The molecule has 1 saturated carbocycles. The SMILES string of the molecule is C1OC2CC1C2. The second-order valence-corrected chi connectivity index (χ2v) is 2.29. The van der Waals surface area contributed by atoms with Gasteiger partial charge >= 0.3 is 0 Å². The molecule has 0 aromatic heterocycles. The molecule has 0 spiro atoms. The smallest absolute Gasteiger partial charge is 0.0582 e. The van der Waals surface area contributed by atoms with E-state index in [1.807, 2.05) is 0 Å². The Bertz CT molecular complexity index is 50.8. The Morgan fingerprint density at radius 1 is 1.33 bits per heavy atom. The minimum absolute atomic E-state index is 0.690. The molecule has 1 nitrogen and oxygen atoms in total. The van der Waals surface area contributed by atoms with Crippen LogP contribution in [0.3, 0.4) is 0 Å². The van der Waals surface area contributed by atoms with Gasteiger partial charge in [0.1, 0.15) is 0 Å². The van der Waals surface area contributed by atoms with Crippen LogP contribution in [0, 0.1) is 5.92 Å². The molecule has 2 saturated heterocycles. The average Bonchev–Trinajstić information content (AvgIpc) is 1.72. The molecule has 0 aromatic rings. The van der Waals surface area contributed by atoms with Gasteiger partial charge in [0.05, 0.1) is 6.10 Å². The summed E-state index contributed by atoms with van der Waals surface area (Å²) in [4.78, 5) is 0. The van der Waals surface area contributed by atoms with E-state index in [-0.39, 0.29) is 0 Å². The molecule has 0 amide bonds. The van der Waals surface area contributed by atoms with Crippen LogP contribution in [-0.4, -0.2) is 12.7 Å². The molecule has 3 rings (SSSR count). The lowest BCUT2D eigenvalue weighted by Crippen LogP contribution is -2.17. The van der Waals surface area contributed by atoms with E-state index in [0.29, 0.717) is 6.10 Å². The maximum absolute atomic E-state index is 5.23. The summed E-state index contributed by atoms with van der Waals surface area (Å²) >= 11 is 0. The Morgan fingerprint density at radius 2 is 2.17 bits per heavy atom. The fourth-order valence-corrected chi connectivity index (χ4v) is 1.22. The molecule has 2 aliphatic heterocycles. The standard InChI is InChI=1S/C5H8O/c1-4-2-5(1)6-3-4/h4-5H,1-3H2. The summed E-state index contributed by atoms with van der Waals surface area (Å²) in [5.74, 6) is 0.968. The number of hydrogen-bond acceptors (Lipinski definition) is 1. The van der Waals surface area contributed by atoms with Gasteiger partial charge in [-0.3, -0.25) is 0 Å². The second kappa shape index (κ2) is 0.784. The Morgan fingerprint density at radius 3 is 2.33 bits per heavy atom. The summed E-state index contributed by atoms with van der Waals surface area (Å²) in [6, 6.07) is 0. The van der Waals surface area contributed by atoms with Crippen molar-refractivity contribution in [3.05, 3.63) is 0 Å².